The first-order valence-corrected chi connectivity index (χ1v) is 11.2. The molecule has 3 heterocycles. The van der Waals surface area contributed by atoms with Gasteiger partial charge in [-0.15, -0.1) is 0 Å². The van der Waals surface area contributed by atoms with Crippen LogP contribution in [0.15, 0.2) is 47.5 Å². The lowest BCUT2D eigenvalue weighted by molar-refractivity contribution is -0.127. The molecular weight excluding hydrogens is 498 g/mol. The molecule has 1 aromatic carbocycles. The third-order valence-electron chi connectivity index (χ3n) is 5.56. The maximum atomic E-state index is 13.3. The first kappa shape index (κ1) is 25.2. The molecule has 0 aliphatic carbocycles. The summed E-state index contributed by atoms with van der Waals surface area (Å²) in [5.74, 6) is -1.70. The number of H-pyrrole nitrogens is 1. The Kier molecular flexibility index (Phi) is 7.55. The van der Waals surface area contributed by atoms with Gasteiger partial charge in [0, 0.05) is 30.3 Å². The predicted octanol–water partition coefficient (Wildman–Crippen LogP) is 2.38. The van der Waals surface area contributed by atoms with Crippen LogP contribution in [0.1, 0.15) is 28.0 Å². The molecule has 2 amide bonds. The van der Waals surface area contributed by atoms with Crippen LogP contribution in [0.5, 0.6) is 0 Å². The highest BCUT2D eigenvalue weighted by Crippen LogP contribution is 2.26. The average Bonchev–Trinajstić information content (AvgIpc) is 3.34. The van der Waals surface area contributed by atoms with Gasteiger partial charge in [0.05, 0.1) is 47.5 Å². The van der Waals surface area contributed by atoms with Crippen molar-refractivity contribution >= 4 is 34.8 Å². The zero-order valence-electron chi connectivity index (χ0n) is 18.7. The Labute approximate surface area is 208 Å². The van der Waals surface area contributed by atoms with Crippen LogP contribution in [0.2, 0.25) is 5.02 Å². The molecule has 4 N–H and O–H groups in total. The lowest BCUT2D eigenvalue weighted by Crippen LogP contribution is -2.59. The summed E-state index contributed by atoms with van der Waals surface area (Å²) in [4.78, 5) is 41.4. The van der Waals surface area contributed by atoms with Crippen molar-refractivity contribution in [3.05, 3.63) is 80.7 Å². The number of nitrogens with one attached hydrogen (secondary N) is 4. The lowest BCUT2D eigenvalue weighted by atomic mass is 9.96. The molecule has 1 aliphatic rings. The number of aromatic nitrogens is 3. The summed E-state index contributed by atoms with van der Waals surface area (Å²) in [6.07, 6.45) is 2.84. The summed E-state index contributed by atoms with van der Waals surface area (Å²) in [6, 6.07) is 6.32. The lowest BCUT2D eigenvalue weighted by Gasteiger charge is -2.27. The molecule has 36 heavy (non-hydrogen) atoms. The van der Waals surface area contributed by atoms with E-state index in [1.807, 2.05) is 0 Å². The van der Waals surface area contributed by atoms with E-state index in [0.717, 1.165) is 12.1 Å². The number of carbonyl (C=O) groups excluding carboxylic acids is 2. The number of benzene rings is 1. The van der Waals surface area contributed by atoms with Crippen molar-refractivity contribution in [2.45, 2.75) is 25.2 Å². The summed E-state index contributed by atoms with van der Waals surface area (Å²) in [7, 11) is 0. The maximum Gasteiger partial charge on any atom is 0.264 e. The molecular formula is C23H21ClF2N6O4. The van der Waals surface area contributed by atoms with E-state index in [1.165, 1.54) is 30.6 Å². The number of ether oxygens (including phenoxy) is 1. The van der Waals surface area contributed by atoms with Gasteiger partial charge >= 0.3 is 0 Å². The highest BCUT2D eigenvalue weighted by atomic mass is 35.5. The molecule has 10 nitrogen and oxygen atoms in total. The minimum atomic E-state index is -1.35. The van der Waals surface area contributed by atoms with Gasteiger partial charge in [-0.1, -0.05) is 11.6 Å². The molecule has 0 radical (unpaired) electrons. The Morgan fingerprint density at radius 1 is 1.22 bits per heavy atom. The van der Waals surface area contributed by atoms with Crippen molar-refractivity contribution in [2.24, 2.45) is 0 Å². The van der Waals surface area contributed by atoms with Crippen molar-refractivity contribution in [2.75, 3.05) is 18.5 Å². The molecule has 13 heteroatoms. The number of aromatic amines is 1. The molecule has 188 valence electrons. The highest BCUT2D eigenvalue weighted by Gasteiger charge is 2.43. The van der Waals surface area contributed by atoms with Crippen molar-refractivity contribution in [1.29, 1.82) is 0 Å². The summed E-state index contributed by atoms with van der Waals surface area (Å²) in [6.45, 7) is -0.705. The predicted molar refractivity (Wildman–Crippen MR) is 126 cm³/mol. The second-order valence-corrected chi connectivity index (χ2v) is 8.48. The second kappa shape index (κ2) is 10.8. The molecule has 1 aliphatic heterocycles. The van der Waals surface area contributed by atoms with Crippen LogP contribution in [0.4, 0.5) is 20.2 Å². The standard InChI is InChI=1S/C23H21ClF2N6O4/c24-17-7-16(30-18-2-1-15(26)5-13(18)8-25)10-27-19(17)11-28-22(35)23(3-4-36-12-23)31-21(34)14-6-20(33)32-29-9-14/h1-2,5-7,9-10,30H,3-4,8,11-12H2,(H,28,35)(H,31,34)(H,32,33)/t23-/m0/s1. The zero-order chi connectivity index (χ0) is 25.7. The van der Waals surface area contributed by atoms with Gasteiger partial charge in [0.15, 0.2) is 0 Å². The van der Waals surface area contributed by atoms with Gasteiger partial charge in [-0.25, -0.2) is 13.9 Å². The van der Waals surface area contributed by atoms with Crippen LogP contribution in [0.25, 0.3) is 0 Å². The smallest absolute Gasteiger partial charge is 0.264 e. The number of amides is 2. The molecule has 3 aromatic rings. The summed E-state index contributed by atoms with van der Waals surface area (Å²) in [5.41, 5.74) is -0.600. The number of halogens is 3. The molecule has 0 saturated carbocycles. The van der Waals surface area contributed by atoms with Crippen molar-refractivity contribution < 1.29 is 23.1 Å². The van der Waals surface area contributed by atoms with Crippen LogP contribution < -0.4 is 21.5 Å². The molecule has 2 aromatic heterocycles. The third kappa shape index (κ3) is 5.66. The largest absolute Gasteiger partial charge is 0.378 e. The first-order chi connectivity index (χ1) is 17.3. The third-order valence-corrected chi connectivity index (χ3v) is 5.89. The Morgan fingerprint density at radius 2 is 2.06 bits per heavy atom. The van der Waals surface area contributed by atoms with Crippen LogP contribution >= 0.6 is 11.6 Å². The Bertz CT molecular complexity index is 1350. The van der Waals surface area contributed by atoms with E-state index in [-0.39, 0.29) is 42.3 Å². The van der Waals surface area contributed by atoms with E-state index < -0.39 is 35.4 Å². The molecule has 4 rings (SSSR count). The fraction of sp³-hybridized carbons (Fsp3) is 0.261. The minimum Gasteiger partial charge on any atom is -0.378 e. The molecule has 1 fully saturated rings. The summed E-state index contributed by atoms with van der Waals surface area (Å²) >= 11 is 6.33. The zero-order valence-corrected chi connectivity index (χ0v) is 19.5. The number of hydrogen-bond acceptors (Lipinski definition) is 7. The number of pyridine rings is 1. The van der Waals surface area contributed by atoms with E-state index in [4.69, 9.17) is 16.3 Å². The van der Waals surface area contributed by atoms with Crippen LogP contribution in [-0.4, -0.2) is 45.7 Å². The monoisotopic (exact) mass is 518 g/mol. The molecule has 1 saturated heterocycles. The van der Waals surface area contributed by atoms with E-state index in [9.17, 15) is 23.2 Å². The second-order valence-electron chi connectivity index (χ2n) is 8.07. The number of hydrogen-bond donors (Lipinski definition) is 4. The number of nitrogens with zero attached hydrogens (tertiary/aromatic N) is 2. The van der Waals surface area contributed by atoms with E-state index in [1.54, 1.807) is 0 Å². The van der Waals surface area contributed by atoms with Gasteiger partial charge < -0.3 is 20.7 Å². The Morgan fingerprint density at radius 3 is 2.75 bits per heavy atom. The number of rotatable bonds is 8. The fourth-order valence-electron chi connectivity index (χ4n) is 3.64. The first-order valence-electron chi connectivity index (χ1n) is 10.8. The number of anilines is 2. The number of carbonyl (C=O) groups is 2. The highest BCUT2D eigenvalue weighted by molar-refractivity contribution is 6.31. The van der Waals surface area contributed by atoms with Gasteiger partial charge in [-0.2, -0.15) is 5.10 Å². The minimum absolute atomic E-state index is 0.00250. The molecule has 0 bridgehead atoms. The van der Waals surface area contributed by atoms with Crippen molar-refractivity contribution in [3.63, 3.8) is 0 Å². The normalized spacial score (nSPS) is 17.0. The van der Waals surface area contributed by atoms with Gasteiger partial charge in [0.1, 0.15) is 18.0 Å². The van der Waals surface area contributed by atoms with Crippen molar-refractivity contribution in [3.8, 4) is 0 Å². The van der Waals surface area contributed by atoms with Gasteiger partial charge in [-0.05, 0) is 24.3 Å². The molecule has 0 spiro atoms. The fourth-order valence-corrected chi connectivity index (χ4v) is 3.87. The average molecular weight is 519 g/mol. The van der Waals surface area contributed by atoms with E-state index in [2.05, 4.69) is 31.1 Å². The SMILES string of the molecule is O=C(N[C@@]1(C(=O)NCc2ncc(Nc3ccc(F)cc3CF)cc2Cl)CCOC1)c1cn[nH]c(=O)c1. The topological polar surface area (TPSA) is 138 Å². The summed E-state index contributed by atoms with van der Waals surface area (Å²) in [5, 5.41) is 14.3. The molecule has 1 atom stereocenters. The van der Waals surface area contributed by atoms with Crippen LogP contribution in [0, 0.1) is 5.82 Å². The van der Waals surface area contributed by atoms with E-state index >= 15 is 0 Å². The van der Waals surface area contributed by atoms with Gasteiger partial charge in [0.25, 0.3) is 11.5 Å². The van der Waals surface area contributed by atoms with Crippen LogP contribution in [0.3, 0.4) is 0 Å². The number of alkyl halides is 1. The molecule has 0 unspecified atom stereocenters. The van der Waals surface area contributed by atoms with Crippen molar-refractivity contribution in [1.82, 2.24) is 25.8 Å². The Hall–Kier alpha value is -3.90. The quantitative estimate of drug-likeness (QED) is 0.359. The van der Waals surface area contributed by atoms with E-state index in [0.29, 0.717) is 17.1 Å². The summed E-state index contributed by atoms with van der Waals surface area (Å²) < 4.78 is 31.9. The maximum absolute atomic E-state index is 13.3. The van der Waals surface area contributed by atoms with Crippen LogP contribution in [-0.2, 0) is 22.8 Å². The van der Waals surface area contributed by atoms with Gasteiger partial charge in [-0.3, -0.25) is 19.4 Å². The Balaban J connectivity index is 1.43. The van der Waals surface area contributed by atoms with Gasteiger partial charge in [0.2, 0.25) is 5.91 Å².